The Morgan fingerprint density at radius 2 is 2.15 bits per heavy atom. The Balaban J connectivity index is 2.47. The van der Waals surface area contributed by atoms with Crippen molar-refractivity contribution in [1.82, 2.24) is 0 Å². The van der Waals surface area contributed by atoms with Gasteiger partial charge in [0.05, 0.1) is 12.3 Å². The van der Waals surface area contributed by atoms with Gasteiger partial charge in [0.15, 0.2) is 0 Å². The molecule has 0 radical (unpaired) electrons. The van der Waals surface area contributed by atoms with E-state index in [-0.39, 0.29) is 0 Å². The number of rotatable bonds is 0. The van der Waals surface area contributed by atoms with Crippen molar-refractivity contribution in [2.75, 3.05) is 18.5 Å². The van der Waals surface area contributed by atoms with E-state index in [0.29, 0.717) is 0 Å². The lowest BCUT2D eigenvalue weighted by Crippen LogP contribution is -2.00. The predicted octanol–water partition coefficient (Wildman–Crippen LogP) is 2.50. The van der Waals surface area contributed by atoms with E-state index in [9.17, 15) is 0 Å². The summed E-state index contributed by atoms with van der Waals surface area (Å²) in [6, 6.07) is 4.31. The Bertz CT molecular complexity index is 320. The first-order valence-electron chi connectivity index (χ1n) is 4.75. The van der Waals surface area contributed by atoms with Crippen LogP contribution >= 0.6 is 0 Å². The van der Waals surface area contributed by atoms with E-state index in [1.807, 2.05) is 0 Å². The van der Waals surface area contributed by atoms with Crippen molar-refractivity contribution >= 4 is 5.69 Å². The van der Waals surface area contributed by atoms with Crippen LogP contribution in [0.3, 0.4) is 0 Å². The van der Waals surface area contributed by atoms with Crippen molar-refractivity contribution in [3.63, 3.8) is 0 Å². The van der Waals surface area contributed by atoms with Gasteiger partial charge in [-0.2, -0.15) is 0 Å². The van der Waals surface area contributed by atoms with E-state index >= 15 is 0 Å². The van der Waals surface area contributed by atoms with Gasteiger partial charge in [0.1, 0.15) is 5.75 Å². The third-order valence-electron chi connectivity index (χ3n) is 2.30. The minimum Gasteiger partial charge on any atom is -0.491 e. The molecule has 0 amide bonds. The zero-order valence-corrected chi connectivity index (χ0v) is 8.18. The summed E-state index contributed by atoms with van der Waals surface area (Å²) >= 11 is 0. The number of hydrogen-bond acceptors (Lipinski definition) is 2. The first-order valence-corrected chi connectivity index (χ1v) is 4.75. The Kier molecular flexibility index (Phi) is 2.13. The second kappa shape index (κ2) is 3.29. The highest BCUT2D eigenvalue weighted by molar-refractivity contribution is 5.62. The average molecular weight is 177 g/mol. The Morgan fingerprint density at radius 1 is 1.31 bits per heavy atom. The number of hydrogen-bond donors (Lipinski definition) is 1. The van der Waals surface area contributed by atoms with Crippen LogP contribution in [0.1, 0.15) is 17.5 Å². The molecule has 0 aromatic heterocycles. The topological polar surface area (TPSA) is 21.3 Å². The van der Waals surface area contributed by atoms with Crippen LogP contribution in [0.4, 0.5) is 5.69 Å². The largest absolute Gasteiger partial charge is 0.491 e. The van der Waals surface area contributed by atoms with Crippen LogP contribution in [0, 0.1) is 13.8 Å². The van der Waals surface area contributed by atoms with Crippen LogP contribution in [0.25, 0.3) is 0 Å². The van der Waals surface area contributed by atoms with Crippen molar-refractivity contribution in [3.8, 4) is 5.75 Å². The van der Waals surface area contributed by atoms with E-state index in [1.165, 1.54) is 11.1 Å². The summed E-state index contributed by atoms with van der Waals surface area (Å²) in [6.45, 7) is 6.04. The van der Waals surface area contributed by atoms with Crippen molar-refractivity contribution in [1.29, 1.82) is 0 Å². The van der Waals surface area contributed by atoms with Crippen molar-refractivity contribution in [3.05, 3.63) is 23.3 Å². The highest BCUT2D eigenvalue weighted by Gasteiger charge is 2.10. The predicted molar refractivity (Wildman–Crippen MR) is 54.5 cm³/mol. The van der Waals surface area contributed by atoms with Gasteiger partial charge in [-0.3, -0.25) is 0 Å². The average Bonchev–Trinajstić information content (AvgIpc) is 2.28. The summed E-state index contributed by atoms with van der Waals surface area (Å²) in [5, 5.41) is 3.38. The van der Waals surface area contributed by atoms with Crippen LogP contribution in [0.15, 0.2) is 12.1 Å². The standard InChI is InChI=1S/C11H15NO/c1-8-6-9(2)11-10(7-8)12-4-3-5-13-11/h6-7,12H,3-5H2,1-2H3. The van der Waals surface area contributed by atoms with Crippen molar-refractivity contribution < 1.29 is 4.74 Å². The van der Waals surface area contributed by atoms with Crippen LogP contribution in [-0.2, 0) is 0 Å². The Hall–Kier alpha value is -1.18. The normalized spacial score (nSPS) is 15.2. The maximum Gasteiger partial charge on any atom is 0.145 e. The van der Waals surface area contributed by atoms with Gasteiger partial charge in [0, 0.05) is 6.54 Å². The van der Waals surface area contributed by atoms with E-state index < -0.39 is 0 Å². The van der Waals surface area contributed by atoms with Gasteiger partial charge in [-0.05, 0) is 37.5 Å². The van der Waals surface area contributed by atoms with Gasteiger partial charge >= 0.3 is 0 Å². The minimum atomic E-state index is 0.823. The molecule has 1 aliphatic heterocycles. The van der Waals surface area contributed by atoms with Gasteiger partial charge in [-0.25, -0.2) is 0 Å². The molecule has 1 aliphatic rings. The number of benzene rings is 1. The number of fused-ring (bicyclic) bond motifs is 1. The van der Waals surface area contributed by atoms with E-state index in [1.54, 1.807) is 0 Å². The molecule has 1 N–H and O–H groups in total. The zero-order valence-electron chi connectivity index (χ0n) is 8.18. The quantitative estimate of drug-likeness (QED) is 0.657. The lowest BCUT2D eigenvalue weighted by atomic mass is 10.1. The van der Waals surface area contributed by atoms with Crippen LogP contribution in [-0.4, -0.2) is 13.2 Å². The van der Waals surface area contributed by atoms with Gasteiger partial charge in [0.2, 0.25) is 0 Å². The van der Waals surface area contributed by atoms with E-state index in [0.717, 1.165) is 31.0 Å². The van der Waals surface area contributed by atoms with E-state index in [4.69, 9.17) is 4.74 Å². The first-order chi connectivity index (χ1) is 6.27. The minimum absolute atomic E-state index is 0.823. The second-order valence-electron chi connectivity index (χ2n) is 3.59. The van der Waals surface area contributed by atoms with E-state index in [2.05, 4.69) is 31.3 Å². The fourth-order valence-corrected chi connectivity index (χ4v) is 1.75. The monoisotopic (exact) mass is 177 g/mol. The molecular formula is C11H15NO. The van der Waals surface area contributed by atoms with Crippen LogP contribution < -0.4 is 10.1 Å². The third-order valence-corrected chi connectivity index (χ3v) is 2.30. The molecule has 0 aliphatic carbocycles. The Morgan fingerprint density at radius 3 is 3.00 bits per heavy atom. The fourth-order valence-electron chi connectivity index (χ4n) is 1.75. The van der Waals surface area contributed by atoms with Crippen LogP contribution in [0.2, 0.25) is 0 Å². The molecule has 2 rings (SSSR count). The third kappa shape index (κ3) is 1.62. The fraction of sp³-hybridized carbons (Fsp3) is 0.455. The molecule has 70 valence electrons. The highest BCUT2D eigenvalue weighted by atomic mass is 16.5. The maximum atomic E-state index is 5.67. The smallest absolute Gasteiger partial charge is 0.145 e. The summed E-state index contributed by atoms with van der Waals surface area (Å²) in [4.78, 5) is 0. The number of anilines is 1. The van der Waals surface area contributed by atoms with Gasteiger partial charge in [-0.1, -0.05) is 6.07 Å². The molecule has 0 unspecified atom stereocenters. The molecule has 1 heterocycles. The van der Waals surface area contributed by atoms with Crippen molar-refractivity contribution in [2.24, 2.45) is 0 Å². The van der Waals surface area contributed by atoms with Gasteiger partial charge in [-0.15, -0.1) is 0 Å². The molecule has 0 spiro atoms. The zero-order chi connectivity index (χ0) is 9.26. The number of aryl methyl sites for hydroxylation is 2. The first kappa shape index (κ1) is 8.42. The summed E-state index contributed by atoms with van der Waals surface area (Å²) in [5.41, 5.74) is 3.66. The highest BCUT2D eigenvalue weighted by Crippen LogP contribution is 2.31. The van der Waals surface area contributed by atoms with Crippen molar-refractivity contribution in [2.45, 2.75) is 20.3 Å². The molecule has 2 nitrogen and oxygen atoms in total. The van der Waals surface area contributed by atoms with Crippen LogP contribution in [0.5, 0.6) is 5.75 Å². The van der Waals surface area contributed by atoms with Gasteiger partial charge in [0.25, 0.3) is 0 Å². The summed E-state index contributed by atoms with van der Waals surface area (Å²) in [5.74, 6) is 1.03. The number of ether oxygens (including phenoxy) is 1. The molecule has 13 heavy (non-hydrogen) atoms. The molecule has 1 aromatic carbocycles. The Labute approximate surface area is 78.9 Å². The molecule has 0 bridgehead atoms. The lowest BCUT2D eigenvalue weighted by Gasteiger charge is -2.11. The summed E-state index contributed by atoms with van der Waals surface area (Å²) in [6.07, 6.45) is 1.08. The SMILES string of the molecule is Cc1cc(C)c2c(c1)NCCCO2. The lowest BCUT2D eigenvalue weighted by molar-refractivity contribution is 0.321. The maximum absolute atomic E-state index is 5.67. The van der Waals surface area contributed by atoms with Gasteiger partial charge < -0.3 is 10.1 Å². The molecule has 1 aromatic rings. The molecule has 0 saturated carbocycles. The summed E-state index contributed by atoms with van der Waals surface area (Å²) in [7, 11) is 0. The number of nitrogens with one attached hydrogen (secondary N) is 1. The molecule has 2 heteroatoms. The summed E-state index contributed by atoms with van der Waals surface area (Å²) < 4.78 is 5.67. The molecule has 0 saturated heterocycles. The molecule has 0 fully saturated rings. The molecular weight excluding hydrogens is 162 g/mol. The molecule has 0 atom stereocenters. The second-order valence-corrected chi connectivity index (χ2v) is 3.59.